The fourth-order valence-electron chi connectivity index (χ4n) is 3.42. The summed E-state index contributed by atoms with van der Waals surface area (Å²) in [5.74, 6) is 0.299. The topological polar surface area (TPSA) is 96.0 Å². The smallest absolute Gasteiger partial charge is 0.229 e. The van der Waals surface area contributed by atoms with Gasteiger partial charge < -0.3 is 10.6 Å². The van der Waals surface area contributed by atoms with Gasteiger partial charge in [-0.2, -0.15) is 4.98 Å². The number of sulfonamides is 1. The van der Waals surface area contributed by atoms with Crippen molar-refractivity contribution in [3.8, 4) is 0 Å². The van der Waals surface area contributed by atoms with E-state index in [9.17, 15) is 12.8 Å². The lowest BCUT2D eigenvalue weighted by atomic mass is 10.1. The molecule has 0 bridgehead atoms. The minimum atomic E-state index is -3.37. The van der Waals surface area contributed by atoms with Crippen LogP contribution >= 0.6 is 0 Å². The standard InChI is InChI=1S/C22H22FN5O2S/c1-14-10-16-6-7-19(21(23)18(16)11-14)27-20-8-9-25-22(28-20)26-17-5-3-4-15(12-17)13-31(29,30)24-2/h3-9,11-12,24H,10,13H2,1-2H3,(H2,25,26,27,28). The van der Waals surface area contributed by atoms with Crippen LogP contribution < -0.4 is 15.4 Å². The molecule has 1 aliphatic rings. The van der Waals surface area contributed by atoms with Crippen LogP contribution in [0, 0.1) is 5.82 Å². The largest absolute Gasteiger partial charge is 0.338 e. The first-order valence-corrected chi connectivity index (χ1v) is 11.3. The first-order valence-electron chi connectivity index (χ1n) is 9.69. The van der Waals surface area contributed by atoms with Crippen molar-refractivity contribution in [3.05, 3.63) is 76.7 Å². The Balaban J connectivity index is 1.52. The fraction of sp³-hybridized carbons (Fsp3) is 0.182. The minimum Gasteiger partial charge on any atom is -0.338 e. The van der Waals surface area contributed by atoms with E-state index in [4.69, 9.17) is 0 Å². The van der Waals surface area contributed by atoms with Crippen LogP contribution in [-0.2, 0) is 22.2 Å². The average Bonchev–Trinajstić information content (AvgIpc) is 3.12. The van der Waals surface area contributed by atoms with Crippen molar-refractivity contribution >= 4 is 39.2 Å². The summed E-state index contributed by atoms with van der Waals surface area (Å²) in [5, 5.41) is 6.07. The van der Waals surface area contributed by atoms with Gasteiger partial charge in [0.15, 0.2) is 5.82 Å². The Morgan fingerprint density at radius 2 is 1.97 bits per heavy atom. The van der Waals surface area contributed by atoms with E-state index in [0.29, 0.717) is 34.3 Å². The molecule has 1 aromatic heterocycles. The number of fused-ring (bicyclic) bond motifs is 1. The summed E-state index contributed by atoms with van der Waals surface area (Å²) in [7, 11) is -1.99. The summed E-state index contributed by atoms with van der Waals surface area (Å²) < 4.78 is 40.7. The minimum absolute atomic E-state index is 0.132. The number of nitrogens with zero attached hydrogens (tertiary/aromatic N) is 2. The van der Waals surface area contributed by atoms with Crippen LogP contribution in [-0.4, -0.2) is 25.4 Å². The van der Waals surface area contributed by atoms with Crippen molar-refractivity contribution in [2.24, 2.45) is 0 Å². The van der Waals surface area contributed by atoms with Crippen molar-refractivity contribution in [1.29, 1.82) is 0 Å². The molecule has 0 spiro atoms. The summed E-state index contributed by atoms with van der Waals surface area (Å²) in [6.45, 7) is 1.98. The van der Waals surface area contributed by atoms with Gasteiger partial charge in [-0.05, 0) is 55.8 Å². The van der Waals surface area contributed by atoms with E-state index in [1.807, 2.05) is 19.1 Å². The monoisotopic (exact) mass is 439 g/mol. The predicted octanol–water partition coefficient (Wildman–Crippen LogP) is 4.11. The second-order valence-electron chi connectivity index (χ2n) is 7.35. The van der Waals surface area contributed by atoms with E-state index in [1.54, 1.807) is 42.6 Å². The van der Waals surface area contributed by atoms with Crippen LogP contribution in [0.25, 0.3) is 6.08 Å². The molecule has 0 aliphatic heterocycles. The van der Waals surface area contributed by atoms with E-state index in [-0.39, 0.29) is 11.6 Å². The quantitative estimate of drug-likeness (QED) is 0.513. The van der Waals surface area contributed by atoms with Crippen LogP contribution in [0.2, 0.25) is 0 Å². The molecule has 3 aromatic rings. The molecule has 0 unspecified atom stereocenters. The molecule has 0 saturated carbocycles. The van der Waals surface area contributed by atoms with Crippen molar-refractivity contribution in [1.82, 2.24) is 14.7 Å². The molecular weight excluding hydrogens is 417 g/mol. The lowest BCUT2D eigenvalue weighted by Crippen LogP contribution is -2.20. The van der Waals surface area contributed by atoms with Crippen LogP contribution in [0.5, 0.6) is 0 Å². The molecule has 0 atom stereocenters. The lowest BCUT2D eigenvalue weighted by Gasteiger charge is -2.11. The molecule has 7 nitrogen and oxygen atoms in total. The third-order valence-electron chi connectivity index (χ3n) is 4.90. The summed E-state index contributed by atoms with van der Waals surface area (Å²) in [6, 6.07) is 12.3. The van der Waals surface area contributed by atoms with E-state index < -0.39 is 10.0 Å². The summed E-state index contributed by atoms with van der Waals surface area (Å²) in [5.41, 5.74) is 4.33. The van der Waals surface area contributed by atoms with E-state index in [0.717, 1.165) is 17.6 Å². The van der Waals surface area contributed by atoms with Gasteiger partial charge in [-0.15, -0.1) is 0 Å². The highest BCUT2D eigenvalue weighted by Crippen LogP contribution is 2.32. The van der Waals surface area contributed by atoms with Crippen LogP contribution in [0.3, 0.4) is 0 Å². The van der Waals surface area contributed by atoms with Crippen molar-refractivity contribution in [2.75, 3.05) is 17.7 Å². The summed E-state index contributed by atoms with van der Waals surface area (Å²) >= 11 is 0. The zero-order valence-electron chi connectivity index (χ0n) is 17.1. The lowest BCUT2D eigenvalue weighted by molar-refractivity contribution is 0.587. The van der Waals surface area contributed by atoms with E-state index >= 15 is 0 Å². The molecule has 1 heterocycles. The molecule has 31 heavy (non-hydrogen) atoms. The number of rotatable bonds is 7. The third-order valence-corrected chi connectivity index (χ3v) is 6.23. The molecule has 0 fully saturated rings. The zero-order valence-corrected chi connectivity index (χ0v) is 17.9. The maximum Gasteiger partial charge on any atom is 0.229 e. The molecule has 0 saturated heterocycles. The van der Waals surface area contributed by atoms with Crippen molar-refractivity contribution in [3.63, 3.8) is 0 Å². The third kappa shape index (κ3) is 4.89. The number of halogens is 1. The Kier molecular flexibility index (Phi) is 5.71. The van der Waals surface area contributed by atoms with Gasteiger partial charge in [0.2, 0.25) is 16.0 Å². The maximum absolute atomic E-state index is 14.9. The first kappa shape index (κ1) is 21.0. The number of nitrogens with one attached hydrogen (secondary N) is 3. The van der Waals surface area contributed by atoms with Crippen LogP contribution in [0.1, 0.15) is 23.6 Å². The van der Waals surface area contributed by atoms with Crippen LogP contribution in [0.4, 0.5) is 27.5 Å². The molecule has 2 aromatic carbocycles. The highest BCUT2D eigenvalue weighted by molar-refractivity contribution is 7.88. The molecule has 4 rings (SSSR count). The van der Waals surface area contributed by atoms with Gasteiger partial charge in [0.1, 0.15) is 5.82 Å². The number of hydrogen-bond donors (Lipinski definition) is 3. The van der Waals surface area contributed by atoms with Gasteiger partial charge in [0, 0.05) is 17.4 Å². The molecular formula is C22H22FN5O2S. The Hall–Kier alpha value is -3.30. The summed E-state index contributed by atoms with van der Waals surface area (Å²) in [6.07, 6.45) is 4.19. The highest BCUT2D eigenvalue weighted by Gasteiger charge is 2.17. The normalized spacial score (nSPS) is 12.9. The second kappa shape index (κ2) is 8.44. The number of anilines is 4. The average molecular weight is 440 g/mol. The number of hydrogen-bond acceptors (Lipinski definition) is 6. The molecule has 0 amide bonds. The van der Waals surface area contributed by atoms with Crippen molar-refractivity contribution < 1.29 is 12.8 Å². The fourth-order valence-corrected chi connectivity index (χ4v) is 4.19. The van der Waals surface area contributed by atoms with Gasteiger partial charge in [0.05, 0.1) is 11.4 Å². The molecule has 3 N–H and O–H groups in total. The zero-order chi connectivity index (χ0) is 22.0. The molecule has 1 aliphatic carbocycles. The van der Waals surface area contributed by atoms with Gasteiger partial charge >= 0.3 is 0 Å². The van der Waals surface area contributed by atoms with Crippen LogP contribution in [0.15, 0.2) is 54.2 Å². The molecule has 9 heteroatoms. The summed E-state index contributed by atoms with van der Waals surface area (Å²) in [4.78, 5) is 8.58. The number of allylic oxidation sites excluding steroid dienone is 1. The molecule has 0 radical (unpaired) electrons. The van der Waals surface area contributed by atoms with Gasteiger partial charge in [0.25, 0.3) is 0 Å². The second-order valence-corrected chi connectivity index (χ2v) is 9.27. The van der Waals surface area contributed by atoms with Gasteiger partial charge in [-0.3, -0.25) is 0 Å². The predicted molar refractivity (Wildman–Crippen MR) is 120 cm³/mol. The Bertz CT molecular complexity index is 1270. The van der Waals surface area contributed by atoms with E-state index in [1.165, 1.54) is 7.05 Å². The highest BCUT2D eigenvalue weighted by atomic mass is 32.2. The molecule has 160 valence electrons. The van der Waals surface area contributed by atoms with Gasteiger partial charge in [-0.1, -0.05) is 29.8 Å². The number of aromatic nitrogens is 2. The Morgan fingerprint density at radius 1 is 1.13 bits per heavy atom. The van der Waals surface area contributed by atoms with Crippen molar-refractivity contribution in [2.45, 2.75) is 19.1 Å². The SMILES string of the molecule is CNS(=O)(=O)Cc1cccc(Nc2nccc(Nc3ccc4c(c3F)C=C(C)C4)n2)c1. The maximum atomic E-state index is 14.9. The Labute approximate surface area is 180 Å². The number of benzene rings is 2. The van der Waals surface area contributed by atoms with E-state index in [2.05, 4.69) is 25.3 Å². The van der Waals surface area contributed by atoms with Gasteiger partial charge in [-0.25, -0.2) is 22.5 Å². The first-order chi connectivity index (χ1) is 14.8. The Morgan fingerprint density at radius 3 is 2.77 bits per heavy atom.